The molecule has 0 bridgehead atoms. The van der Waals surface area contributed by atoms with E-state index in [9.17, 15) is 0 Å². The highest BCUT2D eigenvalue weighted by Gasteiger charge is 2.27. The zero-order chi connectivity index (χ0) is 13.1. The molecule has 2 aliphatic heterocycles. The van der Waals surface area contributed by atoms with Gasteiger partial charge in [0.05, 0.1) is 0 Å². The van der Waals surface area contributed by atoms with E-state index >= 15 is 0 Å². The van der Waals surface area contributed by atoms with Crippen LogP contribution in [0.4, 0.5) is 5.95 Å². The lowest BCUT2D eigenvalue weighted by molar-refractivity contribution is 0.132. The lowest BCUT2D eigenvalue weighted by Crippen LogP contribution is -2.49. The van der Waals surface area contributed by atoms with Crippen LogP contribution in [-0.2, 0) is 0 Å². The first-order valence-electron chi connectivity index (χ1n) is 7.34. The molecule has 3 rings (SSSR count). The molecule has 5 heteroatoms. The fourth-order valence-electron chi connectivity index (χ4n) is 3.17. The van der Waals surface area contributed by atoms with Gasteiger partial charge in [0.25, 0.3) is 0 Å². The number of aromatic nitrogens is 2. The van der Waals surface area contributed by atoms with Crippen LogP contribution in [-0.4, -0.2) is 53.1 Å². The SMILES string of the molecule is NC1CCN(C2CCN(c3ncccn3)CC2)CC1. The van der Waals surface area contributed by atoms with Gasteiger partial charge >= 0.3 is 0 Å². The number of hydrogen-bond acceptors (Lipinski definition) is 5. The summed E-state index contributed by atoms with van der Waals surface area (Å²) in [4.78, 5) is 13.6. The molecule has 104 valence electrons. The van der Waals surface area contributed by atoms with Crippen LogP contribution < -0.4 is 10.6 Å². The Morgan fingerprint density at radius 1 is 0.947 bits per heavy atom. The van der Waals surface area contributed by atoms with Crippen molar-refractivity contribution in [3.63, 3.8) is 0 Å². The van der Waals surface area contributed by atoms with Gasteiger partial charge in [0, 0.05) is 37.6 Å². The standard InChI is InChI=1S/C14H23N5/c15-12-2-8-18(9-3-12)13-4-10-19(11-5-13)14-16-6-1-7-17-14/h1,6-7,12-13H,2-5,8-11,15H2. The largest absolute Gasteiger partial charge is 0.341 e. The van der Waals surface area contributed by atoms with E-state index in [4.69, 9.17) is 5.73 Å². The second-order valence-electron chi connectivity index (χ2n) is 5.64. The van der Waals surface area contributed by atoms with E-state index in [1.807, 2.05) is 18.5 Å². The van der Waals surface area contributed by atoms with Gasteiger partial charge in [-0.25, -0.2) is 9.97 Å². The molecule has 0 atom stereocenters. The molecule has 0 aromatic carbocycles. The van der Waals surface area contributed by atoms with Gasteiger partial charge in [-0.15, -0.1) is 0 Å². The molecule has 1 aromatic heterocycles. The topological polar surface area (TPSA) is 58.3 Å². The molecular formula is C14H23N5. The van der Waals surface area contributed by atoms with Crippen LogP contribution in [0.5, 0.6) is 0 Å². The summed E-state index contributed by atoms with van der Waals surface area (Å²) in [7, 11) is 0. The first kappa shape index (κ1) is 12.8. The summed E-state index contributed by atoms with van der Waals surface area (Å²) in [6.45, 7) is 4.48. The Bertz CT molecular complexity index is 380. The molecule has 0 saturated carbocycles. The number of nitrogens with two attached hydrogens (primary N) is 1. The van der Waals surface area contributed by atoms with Gasteiger partial charge in [0.1, 0.15) is 0 Å². The Morgan fingerprint density at radius 3 is 2.21 bits per heavy atom. The van der Waals surface area contributed by atoms with Crippen molar-refractivity contribution in [1.82, 2.24) is 14.9 Å². The highest BCUT2D eigenvalue weighted by molar-refractivity contribution is 5.29. The van der Waals surface area contributed by atoms with Crippen LogP contribution in [0, 0.1) is 0 Å². The minimum atomic E-state index is 0.425. The maximum absolute atomic E-state index is 5.97. The quantitative estimate of drug-likeness (QED) is 0.856. The predicted molar refractivity (Wildman–Crippen MR) is 76.0 cm³/mol. The molecule has 0 spiro atoms. The van der Waals surface area contributed by atoms with Gasteiger partial charge < -0.3 is 15.5 Å². The van der Waals surface area contributed by atoms with Gasteiger partial charge in [-0.3, -0.25) is 0 Å². The third-order valence-corrected chi connectivity index (χ3v) is 4.39. The van der Waals surface area contributed by atoms with E-state index in [1.165, 1.54) is 25.9 Å². The average molecular weight is 261 g/mol. The Balaban J connectivity index is 1.52. The summed E-state index contributed by atoms with van der Waals surface area (Å²) in [5, 5.41) is 0. The molecular weight excluding hydrogens is 238 g/mol. The number of rotatable bonds is 2. The van der Waals surface area contributed by atoms with Crippen LogP contribution in [0.2, 0.25) is 0 Å². The molecule has 1 aromatic rings. The summed E-state index contributed by atoms with van der Waals surface area (Å²) >= 11 is 0. The molecule has 2 fully saturated rings. The minimum absolute atomic E-state index is 0.425. The smallest absolute Gasteiger partial charge is 0.225 e. The lowest BCUT2D eigenvalue weighted by Gasteiger charge is -2.41. The Hall–Kier alpha value is -1.20. The van der Waals surface area contributed by atoms with Crippen LogP contribution >= 0.6 is 0 Å². The Labute approximate surface area is 114 Å². The number of likely N-dealkylation sites (tertiary alicyclic amines) is 1. The molecule has 2 saturated heterocycles. The summed E-state index contributed by atoms with van der Waals surface area (Å²) in [5.74, 6) is 0.876. The molecule has 3 heterocycles. The molecule has 0 aliphatic carbocycles. The molecule has 19 heavy (non-hydrogen) atoms. The molecule has 0 unspecified atom stereocenters. The highest BCUT2D eigenvalue weighted by Crippen LogP contribution is 2.22. The average Bonchev–Trinajstić information content (AvgIpc) is 2.49. The predicted octanol–water partition coefficient (Wildman–Crippen LogP) is 0.868. The van der Waals surface area contributed by atoms with Crippen molar-refractivity contribution in [3.05, 3.63) is 18.5 Å². The van der Waals surface area contributed by atoms with Gasteiger partial charge in [0.2, 0.25) is 5.95 Å². The normalized spacial score (nSPS) is 23.7. The lowest BCUT2D eigenvalue weighted by atomic mass is 9.98. The van der Waals surface area contributed by atoms with E-state index in [0.29, 0.717) is 6.04 Å². The maximum Gasteiger partial charge on any atom is 0.225 e. The third-order valence-electron chi connectivity index (χ3n) is 4.39. The van der Waals surface area contributed by atoms with Crippen LogP contribution in [0.25, 0.3) is 0 Å². The maximum atomic E-state index is 5.97. The number of piperidine rings is 2. The number of hydrogen-bond donors (Lipinski definition) is 1. The first-order valence-corrected chi connectivity index (χ1v) is 7.34. The van der Waals surface area contributed by atoms with E-state index in [-0.39, 0.29) is 0 Å². The second kappa shape index (κ2) is 5.84. The molecule has 2 aliphatic rings. The fourth-order valence-corrected chi connectivity index (χ4v) is 3.17. The molecule has 0 radical (unpaired) electrons. The highest BCUT2D eigenvalue weighted by atomic mass is 15.3. The van der Waals surface area contributed by atoms with Crippen molar-refractivity contribution < 1.29 is 0 Å². The van der Waals surface area contributed by atoms with Gasteiger partial charge in [-0.2, -0.15) is 0 Å². The monoisotopic (exact) mass is 261 g/mol. The van der Waals surface area contributed by atoms with E-state index in [2.05, 4.69) is 19.8 Å². The molecule has 5 nitrogen and oxygen atoms in total. The van der Waals surface area contributed by atoms with Crippen molar-refractivity contribution in [3.8, 4) is 0 Å². The van der Waals surface area contributed by atoms with E-state index < -0.39 is 0 Å². The summed E-state index contributed by atoms with van der Waals surface area (Å²) in [5.41, 5.74) is 5.97. The van der Waals surface area contributed by atoms with Crippen molar-refractivity contribution in [2.45, 2.75) is 37.8 Å². The fraction of sp³-hybridized carbons (Fsp3) is 0.714. The Morgan fingerprint density at radius 2 is 1.58 bits per heavy atom. The van der Waals surface area contributed by atoms with Gasteiger partial charge in [-0.05, 0) is 44.8 Å². The Kier molecular flexibility index (Phi) is 3.94. The van der Waals surface area contributed by atoms with Crippen molar-refractivity contribution in [2.75, 3.05) is 31.1 Å². The van der Waals surface area contributed by atoms with Crippen molar-refractivity contribution >= 4 is 5.95 Å². The third kappa shape index (κ3) is 3.04. The molecule has 2 N–H and O–H groups in total. The first-order chi connectivity index (χ1) is 9.33. The van der Waals surface area contributed by atoms with Crippen molar-refractivity contribution in [2.24, 2.45) is 5.73 Å². The second-order valence-corrected chi connectivity index (χ2v) is 5.64. The van der Waals surface area contributed by atoms with Crippen LogP contribution in [0.1, 0.15) is 25.7 Å². The van der Waals surface area contributed by atoms with Gasteiger partial charge in [-0.1, -0.05) is 0 Å². The molecule has 0 amide bonds. The number of nitrogens with zero attached hydrogens (tertiary/aromatic N) is 4. The van der Waals surface area contributed by atoms with Crippen LogP contribution in [0.15, 0.2) is 18.5 Å². The zero-order valence-corrected chi connectivity index (χ0v) is 11.4. The van der Waals surface area contributed by atoms with Crippen LogP contribution in [0.3, 0.4) is 0 Å². The van der Waals surface area contributed by atoms with E-state index in [1.54, 1.807) is 0 Å². The van der Waals surface area contributed by atoms with Crippen molar-refractivity contribution in [1.29, 1.82) is 0 Å². The zero-order valence-electron chi connectivity index (χ0n) is 11.4. The summed E-state index contributed by atoms with van der Waals surface area (Å²) < 4.78 is 0. The summed E-state index contributed by atoms with van der Waals surface area (Å²) in [6.07, 6.45) is 8.38. The summed E-state index contributed by atoms with van der Waals surface area (Å²) in [6, 6.07) is 3.02. The van der Waals surface area contributed by atoms with Gasteiger partial charge in [0.15, 0.2) is 0 Å². The number of anilines is 1. The van der Waals surface area contributed by atoms with E-state index in [0.717, 1.165) is 37.9 Å². The minimum Gasteiger partial charge on any atom is -0.341 e.